The van der Waals surface area contributed by atoms with Crippen molar-refractivity contribution in [2.75, 3.05) is 13.7 Å². The van der Waals surface area contributed by atoms with E-state index in [1.165, 1.54) is 7.11 Å². The lowest BCUT2D eigenvalue weighted by Gasteiger charge is -2.35. The Hall–Kier alpha value is -2.88. The summed E-state index contributed by atoms with van der Waals surface area (Å²) in [6.07, 6.45) is 1.53. The second kappa shape index (κ2) is 6.20. The predicted octanol–water partition coefficient (Wildman–Crippen LogP) is 3.62. The van der Waals surface area contributed by atoms with Crippen LogP contribution in [0.4, 0.5) is 0 Å². The molecule has 0 N–H and O–H groups in total. The van der Waals surface area contributed by atoms with E-state index in [-0.39, 0.29) is 11.6 Å². The van der Waals surface area contributed by atoms with E-state index in [4.69, 9.17) is 4.74 Å². The minimum atomic E-state index is -0.0994. The normalized spacial score (nSPS) is 16.6. The molecule has 4 heteroatoms. The van der Waals surface area contributed by atoms with Gasteiger partial charge in [-0.25, -0.2) is 0 Å². The first-order valence-corrected chi connectivity index (χ1v) is 8.49. The van der Waals surface area contributed by atoms with Crippen LogP contribution in [-0.2, 0) is 6.54 Å². The molecule has 0 spiro atoms. The number of methoxy groups -OCH3 is 1. The van der Waals surface area contributed by atoms with Crippen LogP contribution >= 0.6 is 0 Å². The average molecular weight is 333 g/mol. The van der Waals surface area contributed by atoms with E-state index in [0.717, 1.165) is 18.5 Å². The number of ether oxygens (including phenoxy) is 1. The highest BCUT2D eigenvalue weighted by molar-refractivity contribution is 6.27. The van der Waals surface area contributed by atoms with Gasteiger partial charge in [-0.05, 0) is 24.5 Å². The topological polar surface area (TPSA) is 46.6 Å². The van der Waals surface area contributed by atoms with Gasteiger partial charge in [-0.1, -0.05) is 42.5 Å². The molecule has 1 aliphatic carbocycles. The zero-order chi connectivity index (χ0) is 17.4. The van der Waals surface area contributed by atoms with Gasteiger partial charge in [0.05, 0.1) is 18.4 Å². The van der Waals surface area contributed by atoms with Gasteiger partial charge in [0.15, 0.2) is 5.78 Å². The van der Waals surface area contributed by atoms with Crippen molar-refractivity contribution in [3.63, 3.8) is 0 Å². The Labute approximate surface area is 146 Å². The van der Waals surface area contributed by atoms with E-state index < -0.39 is 0 Å². The van der Waals surface area contributed by atoms with Crippen LogP contribution in [0.5, 0.6) is 5.75 Å². The smallest absolute Gasteiger partial charge is 0.213 e. The van der Waals surface area contributed by atoms with Crippen molar-refractivity contribution in [3.05, 3.63) is 76.5 Å². The summed E-state index contributed by atoms with van der Waals surface area (Å²) in [5.41, 5.74) is 3.19. The minimum Gasteiger partial charge on any atom is -0.496 e. The van der Waals surface area contributed by atoms with Gasteiger partial charge >= 0.3 is 0 Å². The van der Waals surface area contributed by atoms with Crippen molar-refractivity contribution >= 4 is 11.6 Å². The van der Waals surface area contributed by atoms with Crippen LogP contribution in [-0.4, -0.2) is 30.1 Å². The van der Waals surface area contributed by atoms with Crippen molar-refractivity contribution in [1.82, 2.24) is 4.90 Å². The number of benzene rings is 2. The van der Waals surface area contributed by atoms with Gasteiger partial charge in [0.1, 0.15) is 5.75 Å². The molecule has 126 valence electrons. The minimum absolute atomic E-state index is 0.0405. The number of rotatable bonds is 3. The first-order chi connectivity index (χ1) is 12.2. The van der Waals surface area contributed by atoms with Crippen molar-refractivity contribution < 1.29 is 14.3 Å². The lowest BCUT2D eigenvalue weighted by Crippen LogP contribution is -2.38. The first-order valence-electron chi connectivity index (χ1n) is 8.49. The molecule has 0 atom stereocenters. The van der Waals surface area contributed by atoms with Crippen LogP contribution in [0, 0.1) is 0 Å². The van der Waals surface area contributed by atoms with Crippen LogP contribution in [0.3, 0.4) is 0 Å². The highest BCUT2D eigenvalue weighted by Gasteiger charge is 2.38. The predicted molar refractivity (Wildman–Crippen MR) is 94.8 cm³/mol. The highest BCUT2D eigenvalue weighted by Crippen LogP contribution is 2.38. The molecule has 0 saturated carbocycles. The Morgan fingerprint density at radius 3 is 2.56 bits per heavy atom. The van der Waals surface area contributed by atoms with Gasteiger partial charge in [-0.3, -0.25) is 9.59 Å². The van der Waals surface area contributed by atoms with E-state index in [1.54, 1.807) is 18.2 Å². The largest absolute Gasteiger partial charge is 0.496 e. The molecule has 2 aromatic rings. The number of hydrogen-bond donors (Lipinski definition) is 0. The quantitative estimate of drug-likeness (QED) is 0.861. The second-order valence-electron chi connectivity index (χ2n) is 6.38. The second-order valence-corrected chi connectivity index (χ2v) is 6.38. The van der Waals surface area contributed by atoms with Gasteiger partial charge < -0.3 is 9.64 Å². The SMILES string of the molecule is COc1cccc2c1C(=O)C1=C(CCCN1Cc1ccccc1)C2=O. The molecule has 0 aromatic heterocycles. The number of fused-ring (bicyclic) bond motifs is 1. The summed E-state index contributed by atoms with van der Waals surface area (Å²) >= 11 is 0. The highest BCUT2D eigenvalue weighted by atomic mass is 16.5. The number of allylic oxidation sites excluding steroid dienone is 2. The molecule has 2 aromatic carbocycles. The Bertz CT molecular complexity index is 883. The number of hydrogen-bond acceptors (Lipinski definition) is 4. The number of carbonyl (C=O) groups excluding carboxylic acids is 2. The monoisotopic (exact) mass is 333 g/mol. The Morgan fingerprint density at radius 2 is 1.80 bits per heavy atom. The molecule has 0 unspecified atom stereocenters. The summed E-state index contributed by atoms with van der Waals surface area (Å²) in [5.74, 6) is 0.326. The molecule has 0 radical (unpaired) electrons. The van der Waals surface area contributed by atoms with E-state index in [9.17, 15) is 9.59 Å². The van der Waals surface area contributed by atoms with Crippen molar-refractivity contribution in [2.24, 2.45) is 0 Å². The average Bonchev–Trinajstić information content (AvgIpc) is 2.66. The number of Topliss-reactive ketones (excluding diaryl/α,β-unsaturated/α-hetero) is 2. The maximum absolute atomic E-state index is 13.2. The van der Waals surface area contributed by atoms with Gasteiger partial charge in [0, 0.05) is 24.2 Å². The summed E-state index contributed by atoms with van der Waals surface area (Å²) < 4.78 is 5.35. The van der Waals surface area contributed by atoms with Crippen LogP contribution in [0.25, 0.3) is 0 Å². The molecular weight excluding hydrogens is 314 g/mol. The maximum Gasteiger partial charge on any atom is 0.213 e. The molecule has 25 heavy (non-hydrogen) atoms. The summed E-state index contributed by atoms with van der Waals surface area (Å²) in [7, 11) is 1.53. The first kappa shape index (κ1) is 15.6. The fourth-order valence-corrected chi connectivity index (χ4v) is 3.74. The molecule has 4 nitrogen and oxygen atoms in total. The molecule has 0 fully saturated rings. The van der Waals surface area contributed by atoms with E-state index in [0.29, 0.717) is 41.1 Å². The fourth-order valence-electron chi connectivity index (χ4n) is 3.74. The third-order valence-electron chi connectivity index (χ3n) is 4.88. The van der Waals surface area contributed by atoms with E-state index in [1.807, 2.05) is 35.2 Å². The van der Waals surface area contributed by atoms with Crippen molar-refractivity contribution in [2.45, 2.75) is 19.4 Å². The fraction of sp³-hybridized carbons (Fsp3) is 0.238. The molecule has 0 amide bonds. The Kier molecular flexibility index (Phi) is 3.88. The zero-order valence-corrected chi connectivity index (χ0v) is 14.1. The number of nitrogens with zero attached hydrogens (tertiary/aromatic N) is 1. The summed E-state index contributed by atoms with van der Waals surface area (Å²) in [5, 5.41) is 0. The number of ketones is 2. The lowest BCUT2D eigenvalue weighted by atomic mass is 9.82. The number of carbonyl (C=O) groups is 2. The van der Waals surface area contributed by atoms with E-state index in [2.05, 4.69) is 0 Å². The molecule has 1 heterocycles. The molecule has 1 aliphatic heterocycles. The maximum atomic E-state index is 13.2. The van der Waals surface area contributed by atoms with E-state index >= 15 is 0 Å². The zero-order valence-electron chi connectivity index (χ0n) is 14.1. The van der Waals surface area contributed by atoms with Gasteiger partial charge in [0.25, 0.3) is 0 Å². The molecular formula is C21H19NO3. The van der Waals surface area contributed by atoms with Crippen LogP contribution in [0.1, 0.15) is 39.1 Å². The van der Waals surface area contributed by atoms with Crippen LogP contribution < -0.4 is 4.74 Å². The summed E-state index contributed by atoms with van der Waals surface area (Å²) in [4.78, 5) is 28.3. The van der Waals surface area contributed by atoms with Crippen molar-refractivity contribution in [1.29, 1.82) is 0 Å². The van der Waals surface area contributed by atoms with Gasteiger partial charge in [-0.2, -0.15) is 0 Å². The Morgan fingerprint density at radius 1 is 1.00 bits per heavy atom. The third-order valence-corrected chi connectivity index (χ3v) is 4.88. The Balaban J connectivity index is 1.79. The standard InChI is InChI=1S/C21H19NO3/c1-25-17-11-5-9-15-18(17)21(24)19-16(20(15)23)10-6-12-22(19)13-14-7-3-2-4-8-14/h2-5,7-9,11H,6,10,12-13H2,1H3. The van der Waals surface area contributed by atoms with Crippen LogP contribution in [0.15, 0.2) is 59.8 Å². The summed E-state index contributed by atoms with van der Waals surface area (Å²) in [6, 6.07) is 15.2. The van der Waals surface area contributed by atoms with Gasteiger partial charge in [0.2, 0.25) is 5.78 Å². The third kappa shape index (κ3) is 2.54. The van der Waals surface area contributed by atoms with Gasteiger partial charge in [-0.15, -0.1) is 0 Å². The lowest BCUT2D eigenvalue weighted by molar-refractivity contribution is 0.0919. The molecule has 4 rings (SSSR count). The molecule has 0 saturated heterocycles. The molecule has 2 aliphatic rings. The molecule has 0 bridgehead atoms. The van der Waals surface area contributed by atoms with Crippen molar-refractivity contribution in [3.8, 4) is 5.75 Å². The summed E-state index contributed by atoms with van der Waals surface area (Å²) in [6.45, 7) is 1.40. The van der Waals surface area contributed by atoms with Crippen LogP contribution in [0.2, 0.25) is 0 Å².